The third-order valence-corrected chi connectivity index (χ3v) is 4.11. The normalized spacial score (nSPS) is 24.3. The van der Waals surface area contributed by atoms with Gasteiger partial charge >= 0.3 is 5.97 Å². The first-order valence-corrected chi connectivity index (χ1v) is 6.76. The van der Waals surface area contributed by atoms with Crippen LogP contribution in [0.3, 0.4) is 0 Å². The first-order valence-electron chi connectivity index (χ1n) is 6.76. The van der Waals surface area contributed by atoms with Crippen LogP contribution in [0.15, 0.2) is 24.3 Å². The molecule has 1 aliphatic heterocycles. The van der Waals surface area contributed by atoms with Crippen LogP contribution in [0.25, 0.3) is 0 Å². The lowest BCUT2D eigenvalue weighted by Gasteiger charge is -2.39. The van der Waals surface area contributed by atoms with Gasteiger partial charge < -0.3 is 5.11 Å². The Hall–Kier alpha value is -1.42. The molecule has 1 aromatic carbocycles. The minimum Gasteiger partial charge on any atom is -0.481 e. The van der Waals surface area contributed by atoms with Crippen molar-refractivity contribution < 1.29 is 14.3 Å². The van der Waals surface area contributed by atoms with Crippen molar-refractivity contribution in [2.24, 2.45) is 5.41 Å². The summed E-state index contributed by atoms with van der Waals surface area (Å²) in [5, 5.41) is 9.43. The van der Waals surface area contributed by atoms with Gasteiger partial charge in [0.1, 0.15) is 5.82 Å². The minimum absolute atomic E-state index is 0.240. The van der Waals surface area contributed by atoms with Crippen molar-refractivity contribution in [3.8, 4) is 0 Å². The Morgan fingerprint density at radius 1 is 1.42 bits per heavy atom. The molecular weight excluding hydrogens is 245 g/mol. The van der Waals surface area contributed by atoms with E-state index >= 15 is 0 Å². The molecule has 0 saturated carbocycles. The maximum absolute atomic E-state index is 12.9. The van der Waals surface area contributed by atoms with E-state index in [1.807, 2.05) is 6.92 Å². The van der Waals surface area contributed by atoms with Gasteiger partial charge in [0.2, 0.25) is 0 Å². The Bertz CT molecular complexity index is 446. The van der Waals surface area contributed by atoms with Crippen LogP contribution in [-0.4, -0.2) is 29.1 Å². The topological polar surface area (TPSA) is 40.5 Å². The van der Waals surface area contributed by atoms with Crippen LogP contribution < -0.4 is 0 Å². The minimum atomic E-state index is -0.696. The van der Waals surface area contributed by atoms with E-state index in [1.165, 1.54) is 12.1 Å². The first-order chi connectivity index (χ1) is 9.05. The van der Waals surface area contributed by atoms with Gasteiger partial charge in [0.25, 0.3) is 0 Å². The maximum Gasteiger partial charge on any atom is 0.310 e. The molecule has 1 aromatic rings. The zero-order valence-corrected chi connectivity index (χ0v) is 11.2. The Morgan fingerprint density at radius 3 is 2.68 bits per heavy atom. The lowest BCUT2D eigenvalue weighted by Crippen LogP contribution is -2.47. The third-order valence-electron chi connectivity index (χ3n) is 4.11. The summed E-state index contributed by atoms with van der Waals surface area (Å²) in [4.78, 5) is 13.6. The highest BCUT2D eigenvalue weighted by molar-refractivity contribution is 5.75. The highest BCUT2D eigenvalue weighted by Crippen LogP contribution is 2.34. The van der Waals surface area contributed by atoms with Crippen molar-refractivity contribution in [2.75, 3.05) is 13.1 Å². The molecule has 3 nitrogen and oxygen atoms in total. The Kier molecular flexibility index (Phi) is 4.20. The predicted molar refractivity (Wildman–Crippen MR) is 71.3 cm³/mol. The summed E-state index contributed by atoms with van der Waals surface area (Å²) in [7, 11) is 0. The van der Waals surface area contributed by atoms with E-state index in [9.17, 15) is 14.3 Å². The quantitative estimate of drug-likeness (QED) is 0.910. The van der Waals surface area contributed by atoms with E-state index in [-0.39, 0.29) is 5.82 Å². The molecule has 1 saturated heterocycles. The van der Waals surface area contributed by atoms with Crippen LogP contribution in [0.5, 0.6) is 0 Å². The predicted octanol–water partition coefficient (Wildman–Crippen LogP) is 2.90. The Balaban J connectivity index is 2.05. The molecular formula is C15H20FNO2. The zero-order chi connectivity index (χ0) is 13.9. The number of hydrogen-bond donors (Lipinski definition) is 1. The smallest absolute Gasteiger partial charge is 0.310 e. The van der Waals surface area contributed by atoms with E-state index in [0.29, 0.717) is 19.5 Å². The third kappa shape index (κ3) is 3.13. The van der Waals surface area contributed by atoms with Gasteiger partial charge in [0, 0.05) is 13.1 Å². The molecule has 0 aromatic heterocycles. The fraction of sp³-hybridized carbons (Fsp3) is 0.533. The average Bonchev–Trinajstić information content (AvgIpc) is 2.41. The average molecular weight is 265 g/mol. The zero-order valence-electron chi connectivity index (χ0n) is 11.2. The highest BCUT2D eigenvalue weighted by Gasteiger charge is 2.40. The number of piperidine rings is 1. The van der Waals surface area contributed by atoms with Gasteiger partial charge in [-0.25, -0.2) is 4.39 Å². The van der Waals surface area contributed by atoms with E-state index < -0.39 is 11.4 Å². The molecule has 0 spiro atoms. The van der Waals surface area contributed by atoms with Crippen LogP contribution >= 0.6 is 0 Å². The van der Waals surface area contributed by atoms with E-state index in [4.69, 9.17) is 0 Å². The largest absolute Gasteiger partial charge is 0.481 e. The van der Waals surface area contributed by atoms with Gasteiger partial charge in [-0.1, -0.05) is 19.1 Å². The molecule has 4 heteroatoms. The number of aliphatic carboxylic acids is 1. The number of halogens is 1. The molecule has 1 atom stereocenters. The fourth-order valence-corrected chi connectivity index (χ4v) is 2.82. The van der Waals surface area contributed by atoms with Crippen LogP contribution in [0.1, 0.15) is 31.7 Å². The number of carboxylic acid groups (broad SMARTS) is 1. The molecule has 104 valence electrons. The number of hydrogen-bond acceptors (Lipinski definition) is 2. The van der Waals surface area contributed by atoms with Gasteiger partial charge in [0.05, 0.1) is 5.41 Å². The summed E-state index contributed by atoms with van der Waals surface area (Å²) < 4.78 is 12.9. The molecule has 2 rings (SSSR count). The molecule has 1 heterocycles. The van der Waals surface area contributed by atoms with Crippen LogP contribution in [-0.2, 0) is 11.3 Å². The summed E-state index contributed by atoms with van der Waals surface area (Å²) in [5.74, 6) is -0.936. The molecule has 19 heavy (non-hydrogen) atoms. The molecule has 1 aliphatic rings. The number of carboxylic acids is 1. The van der Waals surface area contributed by atoms with E-state index in [0.717, 1.165) is 24.9 Å². The summed E-state index contributed by atoms with van der Waals surface area (Å²) in [6.07, 6.45) is 2.31. The van der Waals surface area contributed by atoms with Crippen molar-refractivity contribution in [3.63, 3.8) is 0 Å². The molecule has 0 bridgehead atoms. The summed E-state index contributed by atoms with van der Waals surface area (Å²) >= 11 is 0. The number of nitrogens with zero attached hydrogens (tertiary/aromatic N) is 1. The van der Waals surface area contributed by atoms with Crippen LogP contribution in [0.2, 0.25) is 0 Å². The standard InChI is InChI=1S/C15H20FNO2/c1-2-15(14(18)19)8-3-9-17(11-15)10-12-4-6-13(16)7-5-12/h4-7H,2-3,8-11H2,1H3,(H,18,19). The lowest BCUT2D eigenvalue weighted by atomic mass is 9.77. The molecule has 1 fully saturated rings. The monoisotopic (exact) mass is 265 g/mol. The number of rotatable bonds is 4. The molecule has 0 radical (unpaired) electrons. The fourth-order valence-electron chi connectivity index (χ4n) is 2.82. The lowest BCUT2D eigenvalue weighted by molar-refractivity contribution is -0.153. The van der Waals surface area contributed by atoms with Gasteiger partial charge in [-0.3, -0.25) is 9.69 Å². The van der Waals surface area contributed by atoms with Crippen molar-refractivity contribution in [1.82, 2.24) is 4.90 Å². The van der Waals surface area contributed by atoms with E-state index in [1.54, 1.807) is 12.1 Å². The van der Waals surface area contributed by atoms with Crippen molar-refractivity contribution >= 4 is 5.97 Å². The van der Waals surface area contributed by atoms with Crippen molar-refractivity contribution in [3.05, 3.63) is 35.6 Å². The highest BCUT2D eigenvalue weighted by atomic mass is 19.1. The summed E-state index contributed by atoms with van der Waals surface area (Å²) in [6, 6.07) is 6.42. The van der Waals surface area contributed by atoms with Crippen LogP contribution in [0, 0.1) is 11.2 Å². The van der Waals surface area contributed by atoms with Gasteiger partial charge in [0.15, 0.2) is 0 Å². The second-order valence-electron chi connectivity index (χ2n) is 5.38. The molecule has 1 unspecified atom stereocenters. The second-order valence-corrected chi connectivity index (χ2v) is 5.38. The Morgan fingerprint density at radius 2 is 2.11 bits per heavy atom. The SMILES string of the molecule is CCC1(C(=O)O)CCCN(Cc2ccc(F)cc2)C1. The summed E-state index contributed by atoms with van der Waals surface area (Å²) in [6.45, 7) is 4.12. The maximum atomic E-state index is 12.9. The molecule has 1 N–H and O–H groups in total. The number of likely N-dealkylation sites (tertiary alicyclic amines) is 1. The molecule has 0 aliphatic carbocycles. The Labute approximate surface area is 113 Å². The number of carbonyl (C=O) groups is 1. The van der Waals surface area contributed by atoms with E-state index in [2.05, 4.69) is 4.90 Å². The van der Waals surface area contributed by atoms with Gasteiger partial charge in [-0.2, -0.15) is 0 Å². The van der Waals surface area contributed by atoms with Gasteiger partial charge in [-0.05, 0) is 43.5 Å². The number of benzene rings is 1. The molecule has 0 amide bonds. The summed E-state index contributed by atoms with van der Waals surface area (Å²) in [5.41, 5.74) is 0.414. The van der Waals surface area contributed by atoms with Crippen molar-refractivity contribution in [2.45, 2.75) is 32.7 Å². The second kappa shape index (κ2) is 5.70. The first kappa shape index (κ1) is 14.0. The van der Waals surface area contributed by atoms with Crippen LogP contribution in [0.4, 0.5) is 4.39 Å². The van der Waals surface area contributed by atoms with Gasteiger partial charge in [-0.15, -0.1) is 0 Å². The van der Waals surface area contributed by atoms with Crippen molar-refractivity contribution in [1.29, 1.82) is 0 Å².